The van der Waals surface area contributed by atoms with Gasteiger partial charge in [-0.3, -0.25) is 4.79 Å². The molecule has 1 unspecified atom stereocenters. The number of para-hydroxylation sites is 1. The maximum Gasteiger partial charge on any atom is 0.322 e. The summed E-state index contributed by atoms with van der Waals surface area (Å²) in [6.45, 7) is 9.22. The molecule has 1 heterocycles. The van der Waals surface area contributed by atoms with Crippen LogP contribution in [0, 0.1) is 6.92 Å². The Kier molecular flexibility index (Phi) is 9.28. The maximum absolute atomic E-state index is 13.6. The van der Waals surface area contributed by atoms with Crippen molar-refractivity contribution in [2.75, 3.05) is 11.9 Å². The molecule has 0 saturated carbocycles. The summed E-state index contributed by atoms with van der Waals surface area (Å²) in [6, 6.07) is 21.7. The smallest absolute Gasteiger partial charge is 0.322 e. The van der Waals surface area contributed by atoms with Gasteiger partial charge in [-0.2, -0.15) is 0 Å². The van der Waals surface area contributed by atoms with Crippen LogP contribution >= 0.6 is 11.3 Å². The Hall–Kier alpha value is -3.12. The van der Waals surface area contributed by atoms with Gasteiger partial charge < -0.3 is 15.1 Å². The summed E-state index contributed by atoms with van der Waals surface area (Å²) in [5.74, 6) is -0.0610. The molecule has 180 valence electrons. The largest absolute Gasteiger partial charge is 0.332 e. The monoisotopic (exact) mass is 477 g/mol. The molecule has 34 heavy (non-hydrogen) atoms. The van der Waals surface area contributed by atoms with Gasteiger partial charge in [0.25, 0.3) is 0 Å². The Morgan fingerprint density at radius 1 is 0.941 bits per heavy atom. The molecule has 0 spiro atoms. The topological polar surface area (TPSA) is 52.7 Å². The maximum atomic E-state index is 13.6. The molecule has 0 aliphatic carbocycles. The van der Waals surface area contributed by atoms with Crippen molar-refractivity contribution in [1.82, 2.24) is 9.80 Å². The number of benzene rings is 2. The molecule has 3 rings (SSSR count). The predicted octanol–water partition coefficient (Wildman–Crippen LogP) is 6.48. The first-order valence-corrected chi connectivity index (χ1v) is 12.7. The lowest BCUT2D eigenvalue weighted by Crippen LogP contribution is -2.47. The summed E-state index contributed by atoms with van der Waals surface area (Å²) >= 11 is 1.70. The lowest BCUT2D eigenvalue weighted by Gasteiger charge is -2.31. The van der Waals surface area contributed by atoms with Gasteiger partial charge in [0, 0.05) is 28.0 Å². The number of anilines is 1. The second kappa shape index (κ2) is 12.4. The number of carbonyl (C=O) groups excluding carboxylic acids is 2. The molecule has 1 atom stereocenters. The summed E-state index contributed by atoms with van der Waals surface area (Å²) in [7, 11) is 0. The molecule has 0 radical (unpaired) electrons. The molecule has 1 N–H and O–H groups in total. The van der Waals surface area contributed by atoms with E-state index >= 15 is 0 Å². The van der Waals surface area contributed by atoms with Gasteiger partial charge in [-0.05, 0) is 56.0 Å². The molecule has 0 saturated heterocycles. The van der Waals surface area contributed by atoms with Crippen LogP contribution < -0.4 is 5.32 Å². The number of hydrogen-bond acceptors (Lipinski definition) is 3. The van der Waals surface area contributed by atoms with Crippen molar-refractivity contribution in [2.24, 2.45) is 0 Å². The van der Waals surface area contributed by atoms with Gasteiger partial charge in [0.05, 0.1) is 6.54 Å². The number of nitrogens with one attached hydrogen (secondary N) is 1. The summed E-state index contributed by atoms with van der Waals surface area (Å²) < 4.78 is 0. The van der Waals surface area contributed by atoms with Gasteiger partial charge in [-0.25, -0.2) is 4.79 Å². The molecule has 0 aliphatic rings. The Morgan fingerprint density at radius 2 is 1.65 bits per heavy atom. The first-order valence-electron chi connectivity index (χ1n) is 11.9. The minimum Gasteiger partial charge on any atom is -0.332 e. The van der Waals surface area contributed by atoms with Crippen molar-refractivity contribution in [3.63, 3.8) is 0 Å². The molecule has 6 heteroatoms. The van der Waals surface area contributed by atoms with Crippen LogP contribution in [-0.2, 0) is 24.3 Å². The second-order valence-corrected chi connectivity index (χ2v) is 9.95. The highest BCUT2D eigenvalue weighted by Gasteiger charge is 2.26. The van der Waals surface area contributed by atoms with E-state index in [4.69, 9.17) is 0 Å². The van der Waals surface area contributed by atoms with E-state index in [1.54, 1.807) is 16.2 Å². The molecule has 1 aromatic heterocycles. The van der Waals surface area contributed by atoms with E-state index in [2.05, 4.69) is 31.3 Å². The fourth-order valence-electron chi connectivity index (χ4n) is 3.83. The molecule has 0 bridgehead atoms. The van der Waals surface area contributed by atoms with Crippen molar-refractivity contribution >= 4 is 29.0 Å². The zero-order chi connectivity index (χ0) is 24.5. The third-order valence-corrected chi connectivity index (χ3v) is 7.03. The van der Waals surface area contributed by atoms with Gasteiger partial charge in [0.1, 0.15) is 6.54 Å². The Morgan fingerprint density at radius 3 is 2.29 bits per heavy atom. The standard InChI is InChI=1S/C28H35N3O2S/c1-5-21(3)31(28(33)29-26-15-11-10-14-24(26)6-2)20-27(32)30(18-23-12-8-7-9-13-23)19-25-17-16-22(4)34-25/h7-17,21H,5-6,18-20H2,1-4H3,(H,29,33). The fourth-order valence-corrected chi connectivity index (χ4v) is 4.73. The summed E-state index contributed by atoms with van der Waals surface area (Å²) in [5.41, 5.74) is 2.94. The number of carbonyl (C=O) groups is 2. The van der Waals surface area contributed by atoms with E-state index < -0.39 is 0 Å². The average Bonchev–Trinajstić information content (AvgIpc) is 3.26. The lowest BCUT2D eigenvalue weighted by molar-refractivity contribution is -0.133. The van der Waals surface area contributed by atoms with E-state index in [1.807, 2.05) is 73.3 Å². The summed E-state index contributed by atoms with van der Waals surface area (Å²) in [4.78, 5) is 32.8. The predicted molar refractivity (Wildman–Crippen MR) is 141 cm³/mol. The third-order valence-electron chi connectivity index (χ3n) is 6.04. The number of rotatable bonds is 10. The molecular formula is C28H35N3O2S. The van der Waals surface area contributed by atoms with Crippen molar-refractivity contribution in [2.45, 2.75) is 59.7 Å². The molecule has 5 nitrogen and oxygen atoms in total. The van der Waals surface area contributed by atoms with Crippen LogP contribution in [0.25, 0.3) is 0 Å². The van der Waals surface area contributed by atoms with E-state index in [0.29, 0.717) is 13.1 Å². The van der Waals surface area contributed by atoms with E-state index in [0.717, 1.165) is 34.5 Å². The minimum absolute atomic E-state index is 0.0341. The summed E-state index contributed by atoms with van der Waals surface area (Å²) in [5, 5.41) is 3.04. The van der Waals surface area contributed by atoms with Gasteiger partial charge >= 0.3 is 6.03 Å². The number of urea groups is 1. The molecule has 0 aliphatic heterocycles. The molecule has 3 aromatic rings. The Balaban J connectivity index is 1.80. The van der Waals surface area contributed by atoms with Crippen LogP contribution in [0.1, 0.15) is 48.1 Å². The van der Waals surface area contributed by atoms with Gasteiger partial charge in [0.15, 0.2) is 0 Å². The zero-order valence-corrected chi connectivity index (χ0v) is 21.4. The summed E-state index contributed by atoms with van der Waals surface area (Å²) in [6.07, 6.45) is 1.59. The first kappa shape index (κ1) is 25.5. The van der Waals surface area contributed by atoms with Gasteiger partial charge in [0.2, 0.25) is 5.91 Å². The molecule has 0 fully saturated rings. The van der Waals surface area contributed by atoms with Crippen LogP contribution in [0.2, 0.25) is 0 Å². The SMILES string of the molecule is CCc1ccccc1NC(=O)N(CC(=O)N(Cc1ccccc1)Cc1ccc(C)s1)C(C)CC. The van der Waals surface area contributed by atoms with Gasteiger partial charge in [-0.15, -0.1) is 11.3 Å². The van der Waals surface area contributed by atoms with Crippen molar-refractivity contribution in [3.8, 4) is 0 Å². The van der Waals surface area contributed by atoms with Gasteiger partial charge in [-0.1, -0.05) is 62.4 Å². The number of hydrogen-bond donors (Lipinski definition) is 1. The van der Waals surface area contributed by atoms with E-state index in [9.17, 15) is 9.59 Å². The second-order valence-electron chi connectivity index (χ2n) is 8.57. The van der Waals surface area contributed by atoms with Crippen LogP contribution in [0.15, 0.2) is 66.7 Å². The fraction of sp³-hybridized carbons (Fsp3) is 0.357. The highest BCUT2D eigenvalue weighted by molar-refractivity contribution is 7.11. The van der Waals surface area contributed by atoms with Crippen molar-refractivity contribution in [3.05, 3.63) is 87.6 Å². The number of amides is 3. The normalized spacial score (nSPS) is 11.6. The third kappa shape index (κ3) is 6.94. The van der Waals surface area contributed by atoms with E-state index in [-0.39, 0.29) is 24.5 Å². The highest BCUT2D eigenvalue weighted by Crippen LogP contribution is 2.20. The average molecular weight is 478 g/mol. The first-order chi connectivity index (χ1) is 16.4. The van der Waals surface area contributed by atoms with Crippen molar-refractivity contribution < 1.29 is 9.59 Å². The Bertz CT molecular complexity index is 1080. The number of aryl methyl sites for hydroxylation is 2. The highest BCUT2D eigenvalue weighted by atomic mass is 32.1. The van der Waals surface area contributed by atoms with Crippen molar-refractivity contribution in [1.29, 1.82) is 0 Å². The zero-order valence-electron chi connectivity index (χ0n) is 20.6. The molecule has 3 amide bonds. The molecule has 2 aromatic carbocycles. The Labute approximate surface area is 207 Å². The lowest BCUT2D eigenvalue weighted by atomic mass is 10.1. The number of nitrogens with zero attached hydrogens (tertiary/aromatic N) is 2. The quantitative estimate of drug-likeness (QED) is 0.363. The van der Waals surface area contributed by atoms with E-state index in [1.165, 1.54) is 4.88 Å². The van der Waals surface area contributed by atoms with Crippen LogP contribution in [0.3, 0.4) is 0 Å². The number of thiophene rings is 1. The van der Waals surface area contributed by atoms with Crippen LogP contribution in [0.5, 0.6) is 0 Å². The van der Waals surface area contributed by atoms with Crippen LogP contribution in [-0.4, -0.2) is 34.3 Å². The van der Waals surface area contributed by atoms with Crippen LogP contribution in [0.4, 0.5) is 10.5 Å². The minimum atomic E-state index is -0.241. The molecular weight excluding hydrogens is 442 g/mol.